The molecule has 3 N–H and O–H groups in total. The van der Waals surface area contributed by atoms with Crippen molar-refractivity contribution < 1.29 is 4.79 Å². The largest absolute Gasteiger partial charge is 0.350 e. The van der Waals surface area contributed by atoms with E-state index >= 15 is 0 Å². The normalized spacial score (nSPS) is 14.4. The number of nitrogens with two attached hydrogens (primary N) is 1. The zero-order valence-corrected chi connectivity index (χ0v) is 13.4. The van der Waals surface area contributed by atoms with E-state index in [-0.39, 0.29) is 36.8 Å². The Labute approximate surface area is 140 Å². The number of halogens is 2. The van der Waals surface area contributed by atoms with Crippen LogP contribution in [0.3, 0.4) is 0 Å². The summed E-state index contributed by atoms with van der Waals surface area (Å²) in [5.41, 5.74) is 6.50. The fourth-order valence-electron chi connectivity index (χ4n) is 2.02. The predicted octanol–water partition coefficient (Wildman–Crippen LogP) is 0.973. The van der Waals surface area contributed by atoms with Gasteiger partial charge in [0.15, 0.2) is 5.82 Å². The number of pyridine rings is 1. The maximum atomic E-state index is 12.1. The van der Waals surface area contributed by atoms with Crippen molar-refractivity contribution in [2.24, 2.45) is 11.7 Å². The van der Waals surface area contributed by atoms with Crippen molar-refractivity contribution in [2.45, 2.75) is 18.9 Å². The monoisotopic (exact) mass is 344 g/mol. The Balaban J connectivity index is 0.00000121. The van der Waals surface area contributed by atoms with Crippen LogP contribution in [0, 0.1) is 5.92 Å². The third-order valence-corrected chi connectivity index (χ3v) is 3.39. The van der Waals surface area contributed by atoms with Gasteiger partial charge in [0.2, 0.25) is 0 Å². The molecule has 0 aliphatic heterocycles. The van der Waals surface area contributed by atoms with Gasteiger partial charge in [0, 0.05) is 24.3 Å². The van der Waals surface area contributed by atoms with Crippen LogP contribution in [0.2, 0.25) is 0 Å². The smallest absolute Gasteiger partial charge is 0.251 e. The molecular weight excluding hydrogens is 327 g/mol. The van der Waals surface area contributed by atoms with Gasteiger partial charge in [-0.1, -0.05) is 0 Å². The van der Waals surface area contributed by atoms with Gasteiger partial charge in [-0.3, -0.25) is 4.79 Å². The first-order valence-electron chi connectivity index (χ1n) is 6.59. The number of nitrogens with one attached hydrogen (secondary N) is 1. The summed E-state index contributed by atoms with van der Waals surface area (Å²) in [6.45, 7) is 0.504. The van der Waals surface area contributed by atoms with Gasteiger partial charge in [-0.25, -0.2) is 14.6 Å². The third kappa shape index (κ3) is 4.40. The van der Waals surface area contributed by atoms with Gasteiger partial charge in [-0.05, 0) is 30.9 Å². The Bertz CT molecular complexity index is 602. The van der Waals surface area contributed by atoms with E-state index in [0.717, 1.165) is 0 Å². The molecule has 1 fully saturated rings. The Kier molecular flexibility index (Phi) is 6.73. The highest BCUT2D eigenvalue weighted by Gasteiger charge is 2.28. The summed E-state index contributed by atoms with van der Waals surface area (Å²) < 4.78 is 1.51. The molecule has 0 bridgehead atoms. The lowest BCUT2D eigenvalue weighted by Gasteiger charge is -2.11. The topological polar surface area (TPSA) is 98.7 Å². The molecule has 1 atom stereocenters. The van der Waals surface area contributed by atoms with Crippen LogP contribution >= 0.6 is 24.8 Å². The average molecular weight is 345 g/mol. The highest BCUT2D eigenvalue weighted by Crippen LogP contribution is 2.31. The standard InChI is InChI=1S/C13H16N6O.2ClH/c14-11(9-1-2-9)6-17-13(20)10-3-4-16-12(5-10)19-8-15-7-18-19;;/h3-5,7-9,11H,1-2,6,14H2,(H,17,20);2*1H. The summed E-state index contributed by atoms with van der Waals surface area (Å²) in [5, 5.41) is 6.84. The molecule has 9 heteroatoms. The second kappa shape index (κ2) is 8.07. The van der Waals surface area contributed by atoms with Gasteiger partial charge in [-0.15, -0.1) is 24.8 Å². The molecule has 0 spiro atoms. The molecule has 1 saturated carbocycles. The van der Waals surface area contributed by atoms with E-state index in [1.807, 2.05) is 0 Å². The van der Waals surface area contributed by atoms with E-state index in [9.17, 15) is 4.79 Å². The summed E-state index contributed by atoms with van der Waals surface area (Å²) in [6.07, 6.45) is 6.87. The van der Waals surface area contributed by atoms with Gasteiger partial charge >= 0.3 is 0 Å². The Morgan fingerprint density at radius 3 is 2.86 bits per heavy atom. The van der Waals surface area contributed by atoms with Crippen molar-refractivity contribution >= 4 is 30.7 Å². The van der Waals surface area contributed by atoms with Gasteiger partial charge < -0.3 is 11.1 Å². The number of aromatic nitrogens is 4. The van der Waals surface area contributed by atoms with Crippen LogP contribution in [0.25, 0.3) is 5.82 Å². The first-order valence-corrected chi connectivity index (χ1v) is 6.59. The van der Waals surface area contributed by atoms with Crippen LogP contribution < -0.4 is 11.1 Å². The summed E-state index contributed by atoms with van der Waals surface area (Å²) in [4.78, 5) is 20.1. The Morgan fingerprint density at radius 2 is 2.23 bits per heavy atom. The molecular formula is C13H18Cl2N6O. The van der Waals surface area contributed by atoms with Crippen LogP contribution in [0.5, 0.6) is 0 Å². The minimum absolute atomic E-state index is 0. The average Bonchev–Trinajstić information content (AvgIpc) is 3.19. The first kappa shape index (κ1) is 18.3. The van der Waals surface area contributed by atoms with Gasteiger partial charge in [-0.2, -0.15) is 5.10 Å². The van der Waals surface area contributed by atoms with Crippen molar-refractivity contribution in [3.8, 4) is 5.82 Å². The molecule has 0 saturated heterocycles. The lowest BCUT2D eigenvalue weighted by molar-refractivity contribution is 0.0950. The van der Waals surface area contributed by atoms with E-state index in [2.05, 4.69) is 20.4 Å². The SMILES string of the molecule is Cl.Cl.NC(CNC(=O)c1ccnc(-n2cncn2)c1)C1CC1. The number of carbonyl (C=O) groups is 1. The minimum Gasteiger partial charge on any atom is -0.350 e. The van der Waals surface area contributed by atoms with Crippen molar-refractivity contribution in [3.05, 3.63) is 36.5 Å². The van der Waals surface area contributed by atoms with E-state index in [1.165, 1.54) is 30.2 Å². The highest BCUT2D eigenvalue weighted by atomic mass is 35.5. The van der Waals surface area contributed by atoms with Crippen molar-refractivity contribution in [1.29, 1.82) is 0 Å². The van der Waals surface area contributed by atoms with Crippen LogP contribution in [-0.2, 0) is 0 Å². The molecule has 7 nitrogen and oxygen atoms in total. The van der Waals surface area contributed by atoms with Gasteiger partial charge in [0.1, 0.15) is 12.7 Å². The number of rotatable bonds is 5. The van der Waals surface area contributed by atoms with Crippen LogP contribution in [0.15, 0.2) is 31.0 Å². The lowest BCUT2D eigenvalue weighted by atomic mass is 10.2. The molecule has 0 aromatic carbocycles. The lowest BCUT2D eigenvalue weighted by Crippen LogP contribution is -2.38. The molecule has 0 radical (unpaired) electrons. The molecule has 1 unspecified atom stereocenters. The molecule has 2 heterocycles. The second-order valence-corrected chi connectivity index (χ2v) is 4.95. The summed E-state index contributed by atoms with van der Waals surface area (Å²) in [5.74, 6) is 0.977. The first-order chi connectivity index (χ1) is 9.74. The number of amides is 1. The molecule has 2 aromatic heterocycles. The van der Waals surface area contributed by atoms with Gasteiger partial charge in [0.05, 0.1) is 0 Å². The van der Waals surface area contributed by atoms with E-state index < -0.39 is 0 Å². The minimum atomic E-state index is -0.148. The highest BCUT2D eigenvalue weighted by molar-refractivity contribution is 5.94. The molecule has 3 rings (SSSR count). The molecule has 2 aromatic rings. The zero-order valence-electron chi connectivity index (χ0n) is 11.8. The fraction of sp³-hybridized carbons (Fsp3) is 0.385. The van der Waals surface area contributed by atoms with Crippen LogP contribution in [-0.4, -0.2) is 38.2 Å². The predicted molar refractivity (Wildman–Crippen MR) is 86.7 cm³/mol. The Hall–Kier alpha value is -1.70. The van der Waals surface area contributed by atoms with Crippen LogP contribution in [0.1, 0.15) is 23.2 Å². The molecule has 1 aliphatic carbocycles. The molecule has 1 amide bonds. The summed E-state index contributed by atoms with van der Waals surface area (Å²) in [6, 6.07) is 3.39. The summed E-state index contributed by atoms with van der Waals surface area (Å²) in [7, 11) is 0. The van der Waals surface area contributed by atoms with E-state index in [1.54, 1.807) is 18.3 Å². The van der Waals surface area contributed by atoms with Crippen LogP contribution in [0.4, 0.5) is 0 Å². The number of hydrogen-bond acceptors (Lipinski definition) is 5. The van der Waals surface area contributed by atoms with Crippen molar-refractivity contribution in [2.75, 3.05) is 6.54 Å². The quantitative estimate of drug-likeness (QED) is 0.841. The molecule has 1 aliphatic rings. The van der Waals surface area contributed by atoms with Crippen molar-refractivity contribution in [1.82, 2.24) is 25.1 Å². The maximum Gasteiger partial charge on any atom is 0.251 e. The van der Waals surface area contributed by atoms with Gasteiger partial charge in [0.25, 0.3) is 5.91 Å². The molecule has 120 valence electrons. The Morgan fingerprint density at radius 1 is 1.45 bits per heavy atom. The maximum absolute atomic E-state index is 12.1. The van der Waals surface area contributed by atoms with E-state index in [4.69, 9.17) is 5.73 Å². The molecule has 22 heavy (non-hydrogen) atoms. The van der Waals surface area contributed by atoms with E-state index in [0.29, 0.717) is 23.8 Å². The van der Waals surface area contributed by atoms with Crippen molar-refractivity contribution in [3.63, 3.8) is 0 Å². The number of nitrogens with zero attached hydrogens (tertiary/aromatic N) is 4. The fourth-order valence-corrected chi connectivity index (χ4v) is 2.02. The second-order valence-electron chi connectivity index (χ2n) is 4.95. The third-order valence-electron chi connectivity index (χ3n) is 3.39. The number of hydrogen-bond donors (Lipinski definition) is 2. The number of carbonyl (C=O) groups excluding carboxylic acids is 1. The zero-order chi connectivity index (χ0) is 13.9. The summed E-state index contributed by atoms with van der Waals surface area (Å²) >= 11 is 0.